The summed E-state index contributed by atoms with van der Waals surface area (Å²) in [6, 6.07) is 19.1. The van der Waals surface area contributed by atoms with Crippen LogP contribution in [0.3, 0.4) is 0 Å². The molecule has 0 atom stereocenters. The average molecular weight is 403 g/mol. The number of carbonyl (C=O) groups excluding carboxylic acids is 1. The molecule has 0 radical (unpaired) electrons. The van der Waals surface area contributed by atoms with Crippen molar-refractivity contribution in [3.63, 3.8) is 0 Å². The molecule has 0 saturated carbocycles. The topological polar surface area (TPSA) is 57.5 Å². The van der Waals surface area contributed by atoms with Gasteiger partial charge in [0.1, 0.15) is 17.3 Å². The maximum absolute atomic E-state index is 13.7. The van der Waals surface area contributed by atoms with E-state index in [1.54, 1.807) is 54.6 Å². The second kappa shape index (κ2) is 8.21. The molecule has 0 amide bonds. The number of halogens is 1. The molecular formula is C24H18FNO4. The van der Waals surface area contributed by atoms with Crippen LogP contribution in [0, 0.1) is 5.82 Å². The van der Waals surface area contributed by atoms with Crippen LogP contribution in [0.4, 0.5) is 4.39 Å². The Labute approximate surface area is 171 Å². The van der Waals surface area contributed by atoms with Gasteiger partial charge in [-0.2, -0.15) is 0 Å². The van der Waals surface area contributed by atoms with E-state index in [-0.39, 0.29) is 11.1 Å². The Balaban J connectivity index is 1.78. The predicted octanol–water partition coefficient (Wildman–Crippen LogP) is 4.75. The van der Waals surface area contributed by atoms with Gasteiger partial charge in [-0.1, -0.05) is 24.3 Å². The summed E-state index contributed by atoms with van der Waals surface area (Å²) in [5, 5.41) is 0.800. The van der Waals surface area contributed by atoms with E-state index in [4.69, 9.17) is 9.47 Å². The molecule has 3 aromatic carbocycles. The molecule has 150 valence electrons. The first-order chi connectivity index (χ1) is 14.6. The number of ether oxygens (including phenoxy) is 2. The Morgan fingerprint density at radius 2 is 1.63 bits per heavy atom. The highest BCUT2D eigenvalue weighted by Crippen LogP contribution is 2.22. The van der Waals surface area contributed by atoms with Gasteiger partial charge < -0.3 is 9.47 Å². The lowest BCUT2D eigenvalue weighted by molar-refractivity contribution is 0.0736. The third-order valence-corrected chi connectivity index (χ3v) is 4.58. The van der Waals surface area contributed by atoms with Crippen molar-refractivity contribution >= 4 is 16.7 Å². The molecule has 30 heavy (non-hydrogen) atoms. The molecule has 1 heterocycles. The lowest BCUT2D eigenvalue weighted by atomic mass is 10.1. The third kappa shape index (κ3) is 3.80. The lowest BCUT2D eigenvalue weighted by Gasteiger charge is -2.12. The number of nitrogens with zero attached hydrogens (tertiary/aromatic N) is 1. The van der Waals surface area contributed by atoms with Crippen LogP contribution in [0.1, 0.15) is 17.3 Å². The second-order valence-corrected chi connectivity index (χ2v) is 6.54. The number of pyridine rings is 1. The maximum Gasteiger partial charge on any atom is 0.345 e. The van der Waals surface area contributed by atoms with E-state index in [9.17, 15) is 14.0 Å². The highest BCUT2D eigenvalue weighted by Gasteiger charge is 2.17. The molecule has 0 unspecified atom stereocenters. The third-order valence-electron chi connectivity index (χ3n) is 4.58. The first-order valence-corrected chi connectivity index (χ1v) is 9.42. The van der Waals surface area contributed by atoms with E-state index < -0.39 is 11.8 Å². The van der Waals surface area contributed by atoms with Gasteiger partial charge in [-0.15, -0.1) is 0 Å². The molecule has 0 N–H and O–H groups in total. The highest BCUT2D eigenvalue weighted by molar-refractivity contribution is 6.04. The largest absolute Gasteiger partial charge is 0.494 e. The fourth-order valence-electron chi connectivity index (χ4n) is 3.20. The number of benzene rings is 3. The number of carbonyl (C=O) groups is 1. The minimum Gasteiger partial charge on any atom is -0.494 e. The van der Waals surface area contributed by atoms with E-state index in [0.717, 1.165) is 0 Å². The fourth-order valence-corrected chi connectivity index (χ4v) is 3.20. The van der Waals surface area contributed by atoms with Crippen LogP contribution in [-0.4, -0.2) is 17.1 Å². The summed E-state index contributed by atoms with van der Waals surface area (Å²) >= 11 is 0. The Kier molecular flexibility index (Phi) is 5.30. The summed E-state index contributed by atoms with van der Waals surface area (Å²) in [5.74, 6) is -0.0926. The van der Waals surface area contributed by atoms with Crippen molar-refractivity contribution < 1.29 is 18.7 Å². The second-order valence-electron chi connectivity index (χ2n) is 6.54. The molecule has 0 saturated heterocycles. The van der Waals surface area contributed by atoms with Crippen LogP contribution < -0.4 is 15.0 Å². The van der Waals surface area contributed by atoms with Crippen molar-refractivity contribution in [3.05, 3.63) is 101 Å². The Morgan fingerprint density at radius 1 is 0.933 bits per heavy atom. The molecule has 1 aromatic heterocycles. The molecule has 0 aliphatic heterocycles. The fraction of sp³-hybridized carbons (Fsp3) is 0.0833. The number of hydrogen-bond donors (Lipinski definition) is 0. The summed E-state index contributed by atoms with van der Waals surface area (Å²) in [5.41, 5.74) is 0.165. The zero-order chi connectivity index (χ0) is 21.1. The van der Waals surface area contributed by atoms with Gasteiger partial charge in [0.15, 0.2) is 0 Å². The molecule has 5 nitrogen and oxygen atoms in total. The molecule has 0 spiro atoms. The van der Waals surface area contributed by atoms with Gasteiger partial charge in [0.25, 0.3) is 5.56 Å². The van der Waals surface area contributed by atoms with Crippen LogP contribution >= 0.6 is 0 Å². The molecule has 0 fully saturated rings. The predicted molar refractivity (Wildman–Crippen MR) is 112 cm³/mol. The summed E-state index contributed by atoms with van der Waals surface area (Å²) in [6.07, 6.45) is 1.39. The monoisotopic (exact) mass is 403 g/mol. The Hall–Kier alpha value is -3.93. The van der Waals surface area contributed by atoms with E-state index in [0.29, 0.717) is 34.6 Å². The summed E-state index contributed by atoms with van der Waals surface area (Å²) < 4.78 is 25.9. The van der Waals surface area contributed by atoms with Crippen molar-refractivity contribution in [2.45, 2.75) is 6.92 Å². The van der Waals surface area contributed by atoms with E-state index in [1.165, 1.54) is 29.0 Å². The van der Waals surface area contributed by atoms with Gasteiger partial charge in [0.2, 0.25) is 0 Å². The summed E-state index contributed by atoms with van der Waals surface area (Å²) in [6.45, 7) is 2.42. The zero-order valence-electron chi connectivity index (χ0n) is 16.2. The highest BCUT2D eigenvalue weighted by atomic mass is 19.1. The number of rotatable bonds is 5. The molecule has 4 aromatic rings. The minimum atomic E-state index is -0.625. The van der Waals surface area contributed by atoms with Gasteiger partial charge in [0, 0.05) is 17.0 Å². The van der Waals surface area contributed by atoms with Crippen LogP contribution in [0.25, 0.3) is 16.5 Å². The van der Waals surface area contributed by atoms with Crippen LogP contribution in [0.15, 0.2) is 83.8 Å². The smallest absolute Gasteiger partial charge is 0.345 e. The number of fused-ring (bicyclic) bond motifs is 1. The standard InChI is InChI=1S/C24H18FNO4/c1-2-29-18-10-12-19(13-11-18)30-24(28)22-15-26(17-7-5-6-16(25)14-17)23(27)21-9-4-3-8-20(21)22/h3-15H,2H2,1H3. The van der Waals surface area contributed by atoms with Crippen molar-refractivity contribution in [2.75, 3.05) is 6.61 Å². The zero-order valence-corrected chi connectivity index (χ0v) is 16.2. The van der Waals surface area contributed by atoms with E-state index >= 15 is 0 Å². The van der Waals surface area contributed by atoms with Gasteiger partial charge >= 0.3 is 5.97 Å². The summed E-state index contributed by atoms with van der Waals surface area (Å²) in [7, 11) is 0. The summed E-state index contributed by atoms with van der Waals surface area (Å²) in [4.78, 5) is 25.9. The molecule has 4 rings (SSSR count). The average Bonchev–Trinajstić information content (AvgIpc) is 2.76. The number of aromatic nitrogens is 1. The Morgan fingerprint density at radius 3 is 2.33 bits per heavy atom. The SMILES string of the molecule is CCOc1ccc(OC(=O)c2cn(-c3cccc(F)c3)c(=O)c3ccccc23)cc1. The van der Waals surface area contributed by atoms with Crippen molar-refractivity contribution in [1.82, 2.24) is 4.57 Å². The number of esters is 1. The van der Waals surface area contributed by atoms with Crippen LogP contribution in [0.2, 0.25) is 0 Å². The lowest BCUT2D eigenvalue weighted by Crippen LogP contribution is -2.22. The molecule has 0 aliphatic carbocycles. The van der Waals surface area contributed by atoms with E-state index in [2.05, 4.69) is 0 Å². The van der Waals surface area contributed by atoms with Crippen molar-refractivity contribution in [3.8, 4) is 17.2 Å². The first kappa shape index (κ1) is 19.4. The van der Waals surface area contributed by atoms with Crippen LogP contribution in [0.5, 0.6) is 11.5 Å². The molecular weight excluding hydrogens is 385 g/mol. The number of hydrogen-bond acceptors (Lipinski definition) is 4. The van der Waals surface area contributed by atoms with Crippen molar-refractivity contribution in [2.24, 2.45) is 0 Å². The normalized spacial score (nSPS) is 10.7. The van der Waals surface area contributed by atoms with Gasteiger partial charge in [-0.05, 0) is 55.5 Å². The van der Waals surface area contributed by atoms with E-state index in [1.807, 2.05) is 6.92 Å². The van der Waals surface area contributed by atoms with Gasteiger partial charge in [0.05, 0.1) is 17.9 Å². The first-order valence-electron chi connectivity index (χ1n) is 9.42. The van der Waals surface area contributed by atoms with Gasteiger partial charge in [-0.3, -0.25) is 9.36 Å². The van der Waals surface area contributed by atoms with Crippen molar-refractivity contribution in [1.29, 1.82) is 0 Å². The molecule has 0 aliphatic rings. The Bertz CT molecular complexity index is 1280. The molecule has 0 bridgehead atoms. The maximum atomic E-state index is 13.7. The molecule has 6 heteroatoms. The minimum absolute atomic E-state index is 0.198. The van der Waals surface area contributed by atoms with Crippen LogP contribution in [-0.2, 0) is 0 Å². The van der Waals surface area contributed by atoms with Gasteiger partial charge in [-0.25, -0.2) is 9.18 Å². The quantitative estimate of drug-likeness (QED) is 0.357.